The molecule has 3 aromatic carbocycles. The molecule has 4 rings (SSSR count). The number of hydrogen-bond acceptors (Lipinski definition) is 5. The lowest BCUT2D eigenvalue weighted by Crippen LogP contribution is -2.36. The van der Waals surface area contributed by atoms with Gasteiger partial charge in [-0.2, -0.15) is 0 Å². The van der Waals surface area contributed by atoms with Gasteiger partial charge in [0.25, 0.3) is 5.91 Å². The van der Waals surface area contributed by atoms with E-state index >= 15 is 0 Å². The minimum Gasteiger partial charge on any atom is -0.481 e. The Hall–Kier alpha value is -4.46. The molecule has 0 bridgehead atoms. The number of nitrogens with one attached hydrogen (secondary N) is 1. The molecule has 0 aromatic heterocycles. The van der Waals surface area contributed by atoms with Gasteiger partial charge >= 0.3 is 5.97 Å². The molecule has 1 aliphatic heterocycles. The Labute approximate surface area is 241 Å². The van der Waals surface area contributed by atoms with Gasteiger partial charge in [-0.25, -0.2) is 5.01 Å². The summed E-state index contributed by atoms with van der Waals surface area (Å²) in [6.07, 6.45) is 1.16. The Morgan fingerprint density at radius 2 is 1.73 bits per heavy atom. The van der Waals surface area contributed by atoms with Crippen molar-refractivity contribution in [2.75, 3.05) is 11.9 Å². The predicted molar refractivity (Wildman–Crippen MR) is 158 cm³/mol. The first-order valence-electron chi connectivity index (χ1n) is 13.9. The van der Waals surface area contributed by atoms with E-state index in [4.69, 9.17) is 4.74 Å². The summed E-state index contributed by atoms with van der Waals surface area (Å²) >= 11 is 0. The number of anilines is 1. The monoisotopic (exact) mass is 555 g/mol. The third-order valence-electron chi connectivity index (χ3n) is 7.44. The molecule has 8 nitrogen and oxygen atoms in total. The van der Waals surface area contributed by atoms with Crippen LogP contribution in [0, 0.1) is 11.3 Å². The van der Waals surface area contributed by atoms with Crippen LogP contribution in [0.4, 0.5) is 5.69 Å². The molecule has 0 spiro atoms. The number of amides is 2. The average Bonchev–Trinajstić information content (AvgIpc) is 2.95. The number of aliphatic carboxylic acids is 1. The number of carboxylic acids is 1. The Bertz CT molecular complexity index is 1420. The summed E-state index contributed by atoms with van der Waals surface area (Å²) in [5, 5.41) is 18.4. The summed E-state index contributed by atoms with van der Waals surface area (Å²) < 4.78 is 5.54. The molecule has 0 saturated heterocycles. The highest BCUT2D eigenvalue weighted by Gasteiger charge is 2.29. The SMILES string of the molecule is CCC(C)C(C(=O)Nc1cccc(CC(C)(C)C(=O)O)c1)c1ccc(CN2N=C(c3ccccc3)OCC2=O)cc1. The van der Waals surface area contributed by atoms with Gasteiger partial charge in [0.15, 0.2) is 6.61 Å². The highest BCUT2D eigenvalue weighted by atomic mass is 16.5. The van der Waals surface area contributed by atoms with Crippen molar-refractivity contribution in [3.63, 3.8) is 0 Å². The van der Waals surface area contributed by atoms with E-state index in [0.29, 0.717) is 24.6 Å². The van der Waals surface area contributed by atoms with Crippen molar-refractivity contribution in [1.82, 2.24) is 5.01 Å². The molecule has 2 amide bonds. The molecule has 0 radical (unpaired) electrons. The number of benzene rings is 3. The molecule has 0 saturated carbocycles. The normalized spacial score (nSPS) is 15.0. The van der Waals surface area contributed by atoms with Crippen molar-refractivity contribution in [3.8, 4) is 0 Å². The number of carbonyl (C=O) groups is 3. The summed E-state index contributed by atoms with van der Waals surface area (Å²) in [5.41, 5.74) is 3.14. The smallest absolute Gasteiger partial charge is 0.309 e. The van der Waals surface area contributed by atoms with Crippen LogP contribution in [-0.4, -0.2) is 40.4 Å². The molecule has 2 unspecified atom stereocenters. The van der Waals surface area contributed by atoms with E-state index in [0.717, 1.165) is 28.7 Å². The van der Waals surface area contributed by atoms with Crippen LogP contribution in [-0.2, 0) is 32.1 Å². The van der Waals surface area contributed by atoms with Gasteiger partial charge in [-0.1, -0.05) is 74.9 Å². The van der Waals surface area contributed by atoms with Crippen LogP contribution in [0.2, 0.25) is 0 Å². The van der Waals surface area contributed by atoms with Crippen LogP contribution in [0.15, 0.2) is 84.0 Å². The summed E-state index contributed by atoms with van der Waals surface area (Å²) in [5.74, 6) is -1.11. The van der Waals surface area contributed by atoms with Crippen LogP contribution < -0.4 is 5.32 Å². The molecular formula is C33H37N3O5. The van der Waals surface area contributed by atoms with Crippen molar-refractivity contribution in [2.45, 2.75) is 53.0 Å². The number of ether oxygens (including phenoxy) is 1. The third kappa shape index (κ3) is 7.39. The standard InChI is InChI=1S/C33H37N3O5/c1-5-22(2)29(30(38)34-27-13-9-10-24(18-27)19-33(3,4)32(39)40)25-16-14-23(15-17-25)20-36-28(37)21-41-31(35-36)26-11-7-6-8-12-26/h6-18,22,29H,5,19-21H2,1-4H3,(H,34,38)(H,39,40). The number of hydrazone groups is 1. The lowest BCUT2D eigenvalue weighted by Gasteiger charge is -2.25. The van der Waals surface area contributed by atoms with Crippen LogP contribution in [0.3, 0.4) is 0 Å². The zero-order valence-electron chi connectivity index (χ0n) is 24.0. The van der Waals surface area contributed by atoms with Crippen molar-refractivity contribution < 1.29 is 24.2 Å². The van der Waals surface area contributed by atoms with Crippen molar-refractivity contribution in [3.05, 3.63) is 101 Å². The number of nitrogens with zero attached hydrogens (tertiary/aromatic N) is 2. The Balaban J connectivity index is 1.49. The zero-order valence-corrected chi connectivity index (χ0v) is 24.0. The van der Waals surface area contributed by atoms with Gasteiger partial charge in [0.05, 0.1) is 17.9 Å². The van der Waals surface area contributed by atoms with Gasteiger partial charge in [-0.3, -0.25) is 14.4 Å². The van der Waals surface area contributed by atoms with Gasteiger partial charge in [-0.05, 0) is 67.1 Å². The molecule has 0 fully saturated rings. The lowest BCUT2D eigenvalue weighted by atomic mass is 9.84. The molecule has 41 heavy (non-hydrogen) atoms. The van der Waals surface area contributed by atoms with Crippen molar-refractivity contribution >= 4 is 29.4 Å². The fourth-order valence-electron chi connectivity index (χ4n) is 4.79. The maximum Gasteiger partial charge on any atom is 0.309 e. The molecule has 0 aliphatic carbocycles. The van der Waals surface area contributed by atoms with E-state index in [9.17, 15) is 19.5 Å². The molecule has 1 aliphatic rings. The van der Waals surface area contributed by atoms with E-state index < -0.39 is 11.4 Å². The Morgan fingerprint density at radius 1 is 1.02 bits per heavy atom. The molecule has 8 heteroatoms. The van der Waals surface area contributed by atoms with Gasteiger partial charge in [-0.15, -0.1) is 5.10 Å². The first-order chi connectivity index (χ1) is 19.6. The largest absolute Gasteiger partial charge is 0.481 e. The second kappa shape index (κ2) is 12.8. The first-order valence-corrected chi connectivity index (χ1v) is 13.9. The van der Waals surface area contributed by atoms with E-state index in [2.05, 4.69) is 24.3 Å². The van der Waals surface area contributed by atoms with Crippen LogP contribution in [0.25, 0.3) is 0 Å². The summed E-state index contributed by atoms with van der Waals surface area (Å²) in [7, 11) is 0. The van der Waals surface area contributed by atoms with Gasteiger partial charge in [0, 0.05) is 11.3 Å². The number of hydrogen-bond donors (Lipinski definition) is 2. The maximum absolute atomic E-state index is 13.5. The fraction of sp³-hybridized carbons (Fsp3) is 0.333. The van der Waals surface area contributed by atoms with Crippen LogP contribution >= 0.6 is 0 Å². The Kier molecular flexibility index (Phi) is 9.22. The van der Waals surface area contributed by atoms with Crippen LogP contribution in [0.1, 0.15) is 62.3 Å². The molecule has 214 valence electrons. The van der Waals surface area contributed by atoms with Crippen molar-refractivity contribution in [1.29, 1.82) is 0 Å². The highest BCUT2D eigenvalue weighted by Crippen LogP contribution is 2.30. The first kappa shape index (κ1) is 29.5. The maximum atomic E-state index is 13.5. The van der Waals surface area contributed by atoms with Gasteiger partial charge < -0.3 is 15.2 Å². The quantitative estimate of drug-likeness (QED) is 0.310. The topological polar surface area (TPSA) is 108 Å². The molecular weight excluding hydrogens is 518 g/mol. The molecule has 1 heterocycles. The molecule has 2 N–H and O–H groups in total. The second-order valence-electron chi connectivity index (χ2n) is 11.2. The number of rotatable bonds is 11. The molecule has 3 aromatic rings. The lowest BCUT2D eigenvalue weighted by molar-refractivity contribution is -0.146. The predicted octanol–water partition coefficient (Wildman–Crippen LogP) is 5.83. The second-order valence-corrected chi connectivity index (χ2v) is 11.2. The Morgan fingerprint density at radius 3 is 2.39 bits per heavy atom. The van der Waals surface area contributed by atoms with E-state index in [1.54, 1.807) is 13.8 Å². The van der Waals surface area contributed by atoms with E-state index in [-0.39, 0.29) is 30.3 Å². The summed E-state index contributed by atoms with van der Waals surface area (Å²) in [4.78, 5) is 37.6. The third-order valence-corrected chi connectivity index (χ3v) is 7.44. The average molecular weight is 556 g/mol. The van der Waals surface area contributed by atoms with Crippen molar-refractivity contribution in [2.24, 2.45) is 16.4 Å². The zero-order chi connectivity index (χ0) is 29.6. The number of carbonyl (C=O) groups excluding carboxylic acids is 2. The van der Waals surface area contributed by atoms with E-state index in [1.165, 1.54) is 5.01 Å². The van der Waals surface area contributed by atoms with Crippen LogP contribution in [0.5, 0.6) is 0 Å². The van der Waals surface area contributed by atoms with Gasteiger partial charge in [0.1, 0.15) is 0 Å². The highest BCUT2D eigenvalue weighted by molar-refractivity contribution is 5.98. The minimum absolute atomic E-state index is 0.0723. The summed E-state index contributed by atoms with van der Waals surface area (Å²) in [6.45, 7) is 7.70. The summed E-state index contributed by atoms with van der Waals surface area (Å²) in [6, 6.07) is 24.5. The fourth-order valence-corrected chi connectivity index (χ4v) is 4.79. The molecule has 2 atom stereocenters. The number of carboxylic acid groups (broad SMARTS) is 1. The van der Waals surface area contributed by atoms with E-state index in [1.807, 2.05) is 78.9 Å². The van der Waals surface area contributed by atoms with Gasteiger partial charge in [0.2, 0.25) is 11.8 Å². The minimum atomic E-state index is -0.913.